The second-order valence-electron chi connectivity index (χ2n) is 8.06. The molecule has 7 heteroatoms. The first-order valence-electron chi connectivity index (χ1n) is 9.71. The third-order valence-electron chi connectivity index (χ3n) is 5.93. The Morgan fingerprint density at radius 3 is 2.38 bits per heavy atom. The number of nitrogens with zero attached hydrogens (tertiary/aromatic N) is 3. The zero-order valence-corrected chi connectivity index (χ0v) is 16.1. The van der Waals surface area contributed by atoms with Gasteiger partial charge in [-0.15, -0.1) is 0 Å². The molecule has 0 spiro atoms. The van der Waals surface area contributed by atoms with Crippen LogP contribution in [0.15, 0.2) is 0 Å². The van der Waals surface area contributed by atoms with Crippen LogP contribution in [0.3, 0.4) is 0 Å². The fourth-order valence-corrected chi connectivity index (χ4v) is 4.59. The third kappa shape index (κ3) is 3.80. The van der Waals surface area contributed by atoms with E-state index >= 15 is 0 Å². The Labute approximate surface area is 155 Å². The zero-order chi connectivity index (χ0) is 18.8. The average molecular weight is 364 g/mol. The summed E-state index contributed by atoms with van der Waals surface area (Å²) in [4.78, 5) is 25.5. The van der Waals surface area contributed by atoms with Gasteiger partial charge in [-0.25, -0.2) is 4.98 Å². The molecule has 0 radical (unpaired) electrons. The molecule has 0 saturated carbocycles. The van der Waals surface area contributed by atoms with Crippen molar-refractivity contribution in [1.82, 2.24) is 19.8 Å². The number of aromatic amines is 1. The maximum Gasteiger partial charge on any atom is 0.227 e. The molecule has 3 N–H and O–H groups in total. The topological polar surface area (TPSA) is 92.7 Å². The normalized spacial score (nSPS) is 30.1. The van der Waals surface area contributed by atoms with Crippen molar-refractivity contribution in [2.75, 3.05) is 46.4 Å². The summed E-state index contributed by atoms with van der Waals surface area (Å²) >= 11 is 0. The van der Waals surface area contributed by atoms with Gasteiger partial charge in [-0.05, 0) is 20.4 Å². The van der Waals surface area contributed by atoms with Gasteiger partial charge in [0.2, 0.25) is 5.91 Å². The fraction of sp³-hybridized carbons (Fsp3) is 0.789. The lowest BCUT2D eigenvalue weighted by molar-refractivity contribution is -0.139. The number of nitrogens with one attached hydrogen (secondary N) is 1. The molecule has 1 aromatic rings. The first-order chi connectivity index (χ1) is 12.5. The molecule has 4 atom stereocenters. The van der Waals surface area contributed by atoms with Crippen LogP contribution in [0.5, 0.6) is 0 Å². The van der Waals surface area contributed by atoms with Gasteiger partial charge in [-0.2, -0.15) is 0 Å². The summed E-state index contributed by atoms with van der Waals surface area (Å²) in [7, 11) is 2.05. The van der Waals surface area contributed by atoms with E-state index in [9.17, 15) is 15.0 Å². The van der Waals surface area contributed by atoms with Crippen LogP contribution >= 0.6 is 0 Å². The van der Waals surface area contributed by atoms with E-state index in [0.29, 0.717) is 13.1 Å². The van der Waals surface area contributed by atoms with Gasteiger partial charge in [0.15, 0.2) is 0 Å². The minimum atomic E-state index is -0.122. The highest BCUT2D eigenvalue weighted by atomic mass is 16.3. The van der Waals surface area contributed by atoms with Gasteiger partial charge in [-0.1, -0.05) is 6.92 Å². The highest BCUT2D eigenvalue weighted by Gasteiger charge is 2.42. The Balaban J connectivity index is 1.81. The maximum atomic E-state index is 13.3. The predicted octanol–water partition coefficient (Wildman–Crippen LogP) is 0.375. The molecule has 146 valence electrons. The largest absolute Gasteiger partial charge is 0.396 e. The van der Waals surface area contributed by atoms with E-state index in [1.807, 2.05) is 18.9 Å². The van der Waals surface area contributed by atoms with Gasteiger partial charge < -0.3 is 25.0 Å². The predicted molar refractivity (Wildman–Crippen MR) is 98.8 cm³/mol. The molecule has 0 unspecified atom stereocenters. The Bertz CT molecular complexity index is 620. The molecule has 1 aromatic heterocycles. The number of aryl methyl sites for hydroxylation is 2. The summed E-state index contributed by atoms with van der Waals surface area (Å²) in [6, 6.07) is 0. The van der Waals surface area contributed by atoms with Crippen molar-refractivity contribution >= 4 is 5.91 Å². The Morgan fingerprint density at radius 2 is 1.85 bits per heavy atom. The minimum absolute atomic E-state index is 0.0567. The second-order valence-corrected chi connectivity index (χ2v) is 8.06. The van der Waals surface area contributed by atoms with Crippen molar-refractivity contribution in [2.45, 2.75) is 32.6 Å². The van der Waals surface area contributed by atoms with Crippen LogP contribution in [0.2, 0.25) is 0 Å². The van der Waals surface area contributed by atoms with Crippen LogP contribution in [0.1, 0.15) is 36.5 Å². The lowest BCUT2D eigenvalue weighted by Gasteiger charge is -2.38. The number of likely N-dealkylation sites (tertiary alicyclic amines) is 2. The number of rotatable bonds is 5. The van der Waals surface area contributed by atoms with Gasteiger partial charge in [0.1, 0.15) is 5.82 Å². The van der Waals surface area contributed by atoms with Crippen molar-refractivity contribution < 1.29 is 15.0 Å². The number of carbonyl (C=O) groups is 1. The van der Waals surface area contributed by atoms with Gasteiger partial charge in [-0.3, -0.25) is 4.79 Å². The second kappa shape index (κ2) is 8.06. The molecular formula is C19H32N4O3. The number of aliphatic hydroxyl groups excluding tert-OH is 2. The number of hydrogen-bond acceptors (Lipinski definition) is 5. The lowest BCUT2D eigenvalue weighted by atomic mass is 9.86. The van der Waals surface area contributed by atoms with Crippen LogP contribution in [0.4, 0.5) is 0 Å². The first kappa shape index (κ1) is 19.3. The first-order valence-corrected chi connectivity index (χ1v) is 9.71. The smallest absolute Gasteiger partial charge is 0.227 e. The van der Waals surface area contributed by atoms with Gasteiger partial charge in [0.25, 0.3) is 0 Å². The molecule has 2 aliphatic heterocycles. The van der Waals surface area contributed by atoms with Gasteiger partial charge in [0.05, 0.1) is 11.6 Å². The van der Waals surface area contributed by atoms with Crippen LogP contribution in [0.25, 0.3) is 0 Å². The average Bonchev–Trinajstić information content (AvgIpc) is 3.22. The van der Waals surface area contributed by atoms with Crippen LogP contribution in [-0.2, 0) is 11.2 Å². The summed E-state index contributed by atoms with van der Waals surface area (Å²) in [5.74, 6) is 1.19. The molecule has 0 bridgehead atoms. The van der Waals surface area contributed by atoms with Crippen molar-refractivity contribution in [3.8, 4) is 0 Å². The maximum absolute atomic E-state index is 13.3. The monoisotopic (exact) mass is 364 g/mol. The van der Waals surface area contributed by atoms with E-state index in [4.69, 9.17) is 4.98 Å². The molecule has 3 heterocycles. The van der Waals surface area contributed by atoms with Gasteiger partial charge in [0, 0.05) is 69.3 Å². The number of H-pyrrole nitrogens is 1. The van der Waals surface area contributed by atoms with Crippen molar-refractivity contribution in [3.63, 3.8) is 0 Å². The number of amides is 1. The van der Waals surface area contributed by atoms with E-state index < -0.39 is 0 Å². The number of piperidine rings is 1. The minimum Gasteiger partial charge on any atom is -0.396 e. The number of likely N-dealkylation sites (N-methyl/N-ethyl adjacent to an activating group) is 1. The van der Waals surface area contributed by atoms with Crippen molar-refractivity contribution in [2.24, 2.45) is 17.8 Å². The molecule has 3 rings (SSSR count). The highest BCUT2D eigenvalue weighted by molar-refractivity contribution is 5.80. The van der Waals surface area contributed by atoms with Gasteiger partial charge >= 0.3 is 0 Å². The number of imidazole rings is 1. The zero-order valence-electron chi connectivity index (χ0n) is 16.1. The Kier molecular flexibility index (Phi) is 5.99. The lowest BCUT2D eigenvalue weighted by Crippen LogP contribution is -2.49. The van der Waals surface area contributed by atoms with Crippen molar-refractivity contribution in [3.05, 3.63) is 17.2 Å². The summed E-state index contributed by atoms with van der Waals surface area (Å²) in [6.07, 6.45) is 1.63. The van der Waals surface area contributed by atoms with E-state index in [2.05, 4.69) is 16.8 Å². The molecule has 2 aliphatic rings. The Morgan fingerprint density at radius 1 is 1.19 bits per heavy atom. The summed E-state index contributed by atoms with van der Waals surface area (Å²) in [5, 5.41) is 19.1. The quantitative estimate of drug-likeness (QED) is 0.702. The van der Waals surface area contributed by atoms with E-state index in [-0.39, 0.29) is 42.8 Å². The summed E-state index contributed by atoms with van der Waals surface area (Å²) in [5.41, 5.74) is 2.07. The molecule has 26 heavy (non-hydrogen) atoms. The van der Waals surface area contributed by atoms with E-state index in [0.717, 1.165) is 43.1 Å². The van der Waals surface area contributed by atoms with Crippen LogP contribution in [-0.4, -0.2) is 82.3 Å². The summed E-state index contributed by atoms with van der Waals surface area (Å²) < 4.78 is 0. The molecule has 7 nitrogen and oxygen atoms in total. The molecule has 2 fully saturated rings. The van der Waals surface area contributed by atoms with E-state index in [1.165, 1.54) is 0 Å². The number of hydrogen-bond donors (Lipinski definition) is 3. The molecule has 2 saturated heterocycles. The number of carbonyl (C=O) groups excluding carboxylic acids is 1. The van der Waals surface area contributed by atoms with Crippen LogP contribution < -0.4 is 0 Å². The number of aliphatic hydroxyl groups is 2. The summed E-state index contributed by atoms with van der Waals surface area (Å²) in [6.45, 7) is 6.94. The number of aromatic nitrogens is 2. The standard InChI is InChI=1S/C19H32N4O3/c1-4-17-20-12(2)18(21-17)15-8-22(3)9-16(15)19(26)23-6-13(10-24)5-14(7-23)11-25/h13-16,24-25H,4-11H2,1-3H3,(H,20,21)/t13-,14+,15-,16-/m0/s1. The SMILES string of the molecule is CCc1nc([C@H]2CN(C)C[C@@H]2C(=O)N2C[C@H](CO)C[C@H](CO)C2)c(C)[nH]1. The Hall–Kier alpha value is -1.44. The molecule has 0 aliphatic carbocycles. The highest BCUT2D eigenvalue weighted by Crippen LogP contribution is 2.35. The molecule has 0 aromatic carbocycles. The molecule has 1 amide bonds. The third-order valence-corrected chi connectivity index (χ3v) is 5.93. The molecular weight excluding hydrogens is 332 g/mol. The fourth-order valence-electron chi connectivity index (χ4n) is 4.59. The van der Waals surface area contributed by atoms with Crippen molar-refractivity contribution in [1.29, 1.82) is 0 Å². The van der Waals surface area contributed by atoms with E-state index in [1.54, 1.807) is 0 Å². The van der Waals surface area contributed by atoms with Crippen LogP contribution in [0, 0.1) is 24.7 Å².